The zero-order chi connectivity index (χ0) is 15.9. The monoisotopic (exact) mass is 353 g/mol. The molecule has 1 aliphatic rings. The van der Waals surface area contributed by atoms with E-state index in [1.165, 1.54) is 11.1 Å². The molecule has 1 unspecified atom stereocenters. The summed E-state index contributed by atoms with van der Waals surface area (Å²) in [7, 11) is -0.848. The Morgan fingerprint density at radius 2 is 1.78 bits per heavy atom. The van der Waals surface area contributed by atoms with Crippen LogP contribution in [-0.4, -0.2) is 27.1 Å². The Morgan fingerprint density at radius 3 is 2.39 bits per heavy atom. The lowest BCUT2D eigenvalue weighted by atomic mass is 9.78. The van der Waals surface area contributed by atoms with Gasteiger partial charge in [-0.1, -0.05) is 48.5 Å². The molecule has 2 aromatic carbocycles. The Hall–Kier alpha value is -1.51. The fourth-order valence-electron chi connectivity index (χ4n) is 2.56. The minimum Gasteiger partial charge on any atom is -0.423 e. The van der Waals surface area contributed by atoms with Gasteiger partial charge in [-0.2, -0.15) is 8.42 Å². The molecule has 0 amide bonds. The van der Waals surface area contributed by atoms with Crippen LogP contribution in [0.4, 0.5) is 0 Å². The normalized spacial score (nSPS) is 15.0. The average molecular weight is 354 g/mol. The Morgan fingerprint density at radius 1 is 1.13 bits per heavy atom. The van der Waals surface area contributed by atoms with Crippen molar-refractivity contribution in [2.45, 2.75) is 12.5 Å². The van der Waals surface area contributed by atoms with Gasteiger partial charge in [-0.05, 0) is 28.6 Å². The van der Waals surface area contributed by atoms with Crippen LogP contribution >= 0.6 is 12.4 Å². The van der Waals surface area contributed by atoms with Gasteiger partial charge in [0.1, 0.15) is 0 Å². The van der Waals surface area contributed by atoms with E-state index in [1.54, 1.807) is 0 Å². The maximum atomic E-state index is 9.90. The molecule has 0 fully saturated rings. The van der Waals surface area contributed by atoms with Gasteiger partial charge in [-0.3, -0.25) is 0 Å². The van der Waals surface area contributed by atoms with Gasteiger partial charge in [0, 0.05) is 6.54 Å². The van der Waals surface area contributed by atoms with Crippen molar-refractivity contribution < 1.29 is 18.1 Å². The van der Waals surface area contributed by atoms with Gasteiger partial charge >= 0.3 is 18.7 Å². The SMILES string of the molecule is Cl.NCC1OB(O)c2cc(Cc3ccccc3)ccc21.O=S=O. The van der Waals surface area contributed by atoms with Crippen molar-refractivity contribution in [1.29, 1.82) is 0 Å². The lowest BCUT2D eigenvalue weighted by Crippen LogP contribution is -2.28. The van der Waals surface area contributed by atoms with E-state index in [9.17, 15) is 5.02 Å². The van der Waals surface area contributed by atoms with Crippen molar-refractivity contribution in [3.63, 3.8) is 0 Å². The topological polar surface area (TPSA) is 89.6 Å². The first-order valence-corrected chi connectivity index (χ1v) is 7.48. The number of rotatable bonds is 3. The average Bonchev–Trinajstić information content (AvgIpc) is 2.85. The summed E-state index contributed by atoms with van der Waals surface area (Å²) < 4.78 is 22.0. The molecule has 1 heterocycles. The number of nitrogens with two attached hydrogens (primary N) is 1. The molecule has 23 heavy (non-hydrogen) atoms. The predicted octanol–water partition coefficient (Wildman–Crippen LogP) is 0.746. The molecule has 0 saturated heterocycles. The Balaban J connectivity index is 0.000000615. The first-order chi connectivity index (χ1) is 10.7. The third kappa shape index (κ3) is 4.99. The number of hydrogen-bond donors (Lipinski definition) is 2. The summed E-state index contributed by atoms with van der Waals surface area (Å²) in [6.45, 7) is 0.391. The van der Waals surface area contributed by atoms with Gasteiger partial charge in [0.05, 0.1) is 6.10 Å². The van der Waals surface area contributed by atoms with Gasteiger partial charge in [0.2, 0.25) is 0 Å². The molecule has 5 nitrogen and oxygen atoms in total. The van der Waals surface area contributed by atoms with Crippen molar-refractivity contribution in [2.24, 2.45) is 5.73 Å². The summed E-state index contributed by atoms with van der Waals surface area (Å²) in [4.78, 5) is 0. The van der Waals surface area contributed by atoms with Crippen LogP contribution in [0.2, 0.25) is 0 Å². The summed E-state index contributed by atoms with van der Waals surface area (Å²) >= 11 is -0.750. The minimum atomic E-state index is -0.848. The summed E-state index contributed by atoms with van der Waals surface area (Å²) in [6.07, 6.45) is 0.671. The van der Waals surface area contributed by atoms with Gasteiger partial charge in [0.15, 0.2) is 0 Å². The number of benzene rings is 2. The van der Waals surface area contributed by atoms with Crippen LogP contribution in [0.3, 0.4) is 0 Å². The first kappa shape index (κ1) is 19.5. The predicted molar refractivity (Wildman–Crippen MR) is 92.3 cm³/mol. The molecule has 1 aliphatic heterocycles. The molecule has 0 aromatic heterocycles. The lowest BCUT2D eigenvalue weighted by molar-refractivity contribution is 0.198. The zero-order valence-corrected chi connectivity index (χ0v) is 13.9. The van der Waals surface area contributed by atoms with Crippen molar-refractivity contribution in [2.75, 3.05) is 6.54 Å². The Labute approximate surface area is 145 Å². The van der Waals surface area contributed by atoms with E-state index >= 15 is 0 Å². The quantitative estimate of drug-likeness (QED) is 0.795. The van der Waals surface area contributed by atoms with Crippen LogP contribution in [0.5, 0.6) is 0 Å². The second-order valence-electron chi connectivity index (χ2n) is 4.91. The molecule has 0 aliphatic carbocycles. The molecule has 2 aromatic rings. The molecular weight excluding hydrogens is 337 g/mol. The molecule has 3 rings (SSSR count). The van der Waals surface area contributed by atoms with Crippen LogP contribution in [0.1, 0.15) is 22.8 Å². The van der Waals surface area contributed by atoms with Gasteiger partial charge in [0.25, 0.3) is 0 Å². The summed E-state index contributed by atoms with van der Waals surface area (Å²) in [5.41, 5.74) is 9.92. The van der Waals surface area contributed by atoms with E-state index in [4.69, 9.17) is 18.8 Å². The largest absolute Gasteiger partial charge is 0.492 e. The van der Waals surface area contributed by atoms with Crippen molar-refractivity contribution in [1.82, 2.24) is 0 Å². The second kappa shape index (κ2) is 9.59. The summed E-state index contributed by atoms with van der Waals surface area (Å²) in [6, 6.07) is 16.4. The maximum absolute atomic E-state index is 9.90. The molecule has 122 valence electrons. The van der Waals surface area contributed by atoms with Gasteiger partial charge in [-0.15, -0.1) is 12.4 Å². The Kier molecular flexibility index (Phi) is 8.15. The highest BCUT2D eigenvalue weighted by molar-refractivity contribution is 7.51. The van der Waals surface area contributed by atoms with Crippen LogP contribution in [-0.2, 0) is 22.6 Å². The Bertz CT molecular complexity index is 668. The molecule has 3 N–H and O–H groups in total. The van der Waals surface area contributed by atoms with Crippen LogP contribution in [0, 0.1) is 0 Å². The molecule has 0 bridgehead atoms. The molecule has 0 saturated carbocycles. The highest BCUT2D eigenvalue weighted by Gasteiger charge is 2.34. The molecule has 0 radical (unpaired) electrons. The van der Waals surface area contributed by atoms with E-state index in [-0.39, 0.29) is 18.5 Å². The van der Waals surface area contributed by atoms with E-state index in [0.717, 1.165) is 17.4 Å². The highest BCUT2D eigenvalue weighted by atomic mass is 35.5. The number of hydrogen-bond acceptors (Lipinski definition) is 5. The van der Waals surface area contributed by atoms with Crippen LogP contribution in [0.25, 0.3) is 0 Å². The van der Waals surface area contributed by atoms with Crippen molar-refractivity contribution in [3.05, 3.63) is 65.2 Å². The first-order valence-electron chi connectivity index (χ1n) is 6.81. The van der Waals surface area contributed by atoms with Crippen LogP contribution < -0.4 is 11.2 Å². The number of fused-ring (bicyclic) bond motifs is 1. The third-order valence-corrected chi connectivity index (χ3v) is 3.52. The standard InChI is InChI=1S/C15H16BNO2.ClH.O2S/c17-10-15-13-7-6-12(9-14(13)16(18)19-15)8-11-4-2-1-3-5-11;;1-3-2/h1-7,9,15,18H,8,10,17H2;1H;. The van der Waals surface area contributed by atoms with E-state index in [1.807, 2.05) is 30.3 Å². The fraction of sp³-hybridized carbons (Fsp3) is 0.200. The molecule has 0 spiro atoms. The lowest BCUT2D eigenvalue weighted by Gasteiger charge is -2.09. The number of halogens is 1. The maximum Gasteiger partial charge on any atom is 0.492 e. The van der Waals surface area contributed by atoms with Crippen molar-refractivity contribution >= 4 is 36.6 Å². The highest BCUT2D eigenvalue weighted by Crippen LogP contribution is 2.23. The molecule has 1 atom stereocenters. The van der Waals surface area contributed by atoms with E-state index in [0.29, 0.717) is 6.54 Å². The third-order valence-electron chi connectivity index (χ3n) is 3.52. The minimum absolute atomic E-state index is 0. The van der Waals surface area contributed by atoms with E-state index < -0.39 is 18.7 Å². The summed E-state index contributed by atoms with van der Waals surface area (Å²) in [5.74, 6) is 0. The van der Waals surface area contributed by atoms with Gasteiger partial charge in [-0.25, -0.2) is 0 Å². The summed E-state index contributed by atoms with van der Waals surface area (Å²) in [5, 5.41) is 9.90. The smallest absolute Gasteiger partial charge is 0.423 e. The van der Waals surface area contributed by atoms with Crippen molar-refractivity contribution in [3.8, 4) is 0 Å². The molecular formula is C15H17BClNO4S. The zero-order valence-electron chi connectivity index (χ0n) is 12.3. The fourth-order valence-corrected chi connectivity index (χ4v) is 2.56. The molecule has 8 heteroatoms. The van der Waals surface area contributed by atoms with Gasteiger partial charge < -0.3 is 15.4 Å². The van der Waals surface area contributed by atoms with Crippen LogP contribution in [0.15, 0.2) is 48.5 Å². The second-order valence-corrected chi connectivity index (χ2v) is 5.04. The van der Waals surface area contributed by atoms with E-state index in [2.05, 4.69) is 18.2 Å².